The summed E-state index contributed by atoms with van der Waals surface area (Å²) in [5.41, 5.74) is 2.16. The number of hydrogen-bond acceptors (Lipinski definition) is 4. The zero-order chi connectivity index (χ0) is 12.3. The first kappa shape index (κ1) is 12.5. The van der Waals surface area contributed by atoms with Crippen molar-refractivity contribution in [2.24, 2.45) is 0 Å². The van der Waals surface area contributed by atoms with Gasteiger partial charge in [-0.3, -0.25) is 0 Å². The maximum absolute atomic E-state index is 6.32. The molecule has 0 amide bonds. The molecular weight excluding hydrogens is 254 g/mol. The Hall–Kier alpha value is -0.970. The van der Waals surface area contributed by atoms with Crippen LogP contribution in [0.2, 0.25) is 5.02 Å². The van der Waals surface area contributed by atoms with Gasteiger partial charge in [0.05, 0.1) is 11.1 Å². The molecule has 5 heteroatoms. The summed E-state index contributed by atoms with van der Waals surface area (Å²) in [5, 5.41) is 6.33. The fraction of sp³-hybridized carbons (Fsp3) is 0.333. The molecule has 0 saturated carbocycles. The minimum absolute atomic E-state index is 0.0763. The Morgan fingerprint density at radius 1 is 1.41 bits per heavy atom. The Morgan fingerprint density at radius 3 is 2.65 bits per heavy atom. The fourth-order valence-corrected chi connectivity index (χ4v) is 3.07. The Bertz CT molecular complexity index is 484. The smallest absolute Gasteiger partial charge is 0.115 e. The molecule has 3 nitrogen and oxygen atoms in total. The second kappa shape index (κ2) is 5.58. The van der Waals surface area contributed by atoms with Crippen molar-refractivity contribution in [1.29, 1.82) is 0 Å². The molecule has 2 aromatic rings. The molecule has 1 unspecified atom stereocenters. The van der Waals surface area contributed by atoms with Gasteiger partial charge in [0.2, 0.25) is 0 Å². The van der Waals surface area contributed by atoms with E-state index in [1.54, 1.807) is 11.3 Å². The molecule has 2 aromatic heterocycles. The third kappa shape index (κ3) is 2.65. The Morgan fingerprint density at radius 2 is 2.12 bits per heavy atom. The van der Waals surface area contributed by atoms with Gasteiger partial charge in [-0.15, -0.1) is 11.3 Å². The number of nitrogens with one attached hydrogen (secondary N) is 1. The van der Waals surface area contributed by atoms with Gasteiger partial charge in [-0.25, -0.2) is 9.97 Å². The highest BCUT2D eigenvalue weighted by molar-refractivity contribution is 7.10. The van der Waals surface area contributed by atoms with Gasteiger partial charge in [-0.2, -0.15) is 0 Å². The van der Waals surface area contributed by atoms with Crippen LogP contribution in [0.25, 0.3) is 0 Å². The summed E-state index contributed by atoms with van der Waals surface area (Å²) in [5.74, 6) is 0. The lowest BCUT2D eigenvalue weighted by molar-refractivity contribution is 0.635. The largest absolute Gasteiger partial charge is 0.306 e. The van der Waals surface area contributed by atoms with Crippen molar-refractivity contribution in [2.75, 3.05) is 6.54 Å². The van der Waals surface area contributed by atoms with E-state index in [9.17, 15) is 0 Å². The number of halogens is 1. The van der Waals surface area contributed by atoms with Crippen molar-refractivity contribution >= 4 is 22.9 Å². The quantitative estimate of drug-likeness (QED) is 0.924. The molecule has 0 fully saturated rings. The third-order valence-corrected chi connectivity index (χ3v) is 4.29. The number of nitrogens with zero attached hydrogens (tertiary/aromatic N) is 2. The van der Waals surface area contributed by atoms with Gasteiger partial charge >= 0.3 is 0 Å². The second-order valence-corrected chi connectivity index (χ2v) is 5.05. The van der Waals surface area contributed by atoms with E-state index in [0.29, 0.717) is 0 Å². The number of rotatable bonds is 4. The van der Waals surface area contributed by atoms with Crippen LogP contribution in [-0.2, 0) is 0 Å². The number of aryl methyl sites for hydroxylation is 1. The summed E-state index contributed by atoms with van der Waals surface area (Å²) in [6.45, 7) is 4.96. The van der Waals surface area contributed by atoms with Crippen LogP contribution in [0.15, 0.2) is 24.1 Å². The molecule has 2 heterocycles. The first-order valence-corrected chi connectivity index (χ1v) is 6.71. The normalized spacial score (nSPS) is 12.6. The van der Waals surface area contributed by atoms with Crippen molar-refractivity contribution in [3.8, 4) is 0 Å². The number of aromatic nitrogens is 2. The lowest BCUT2D eigenvalue weighted by Gasteiger charge is -2.16. The van der Waals surface area contributed by atoms with E-state index >= 15 is 0 Å². The van der Waals surface area contributed by atoms with Crippen LogP contribution in [0.1, 0.15) is 29.0 Å². The average molecular weight is 268 g/mol. The number of thiophene rings is 1. The third-order valence-electron chi connectivity index (χ3n) is 2.51. The maximum atomic E-state index is 6.32. The fourth-order valence-electron chi connectivity index (χ4n) is 1.67. The van der Waals surface area contributed by atoms with Crippen LogP contribution in [-0.4, -0.2) is 16.5 Å². The van der Waals surface area contributed by atoms with E-state index in [1.807, 2.05) is 19.3 Å². The minimum atomic E-state index is 0.0763. The number of hydrogen-bond donors (Lipinski definition) is 1. The molecule has 17 heavy (non-hydrogen) atoms. The second-order valence-electron chi connectivity index (χ2n) is 3.76. The van der Waals surface area contributed by atoms with Gasteiger partial charge < -0.3 is 5.32 Å². The predicted molar refractivity (Wildman–Crippen MR) is 71.6 cm³/mol. The molecule has 2 rings (SSSR count). The van der Waals surface area contributed by atoms with E-state index in [1.165, 1.54) is 6.33 Å². The molecule has 0 aliphatic heterocycles. The minimum Gasteiger partial charge on any atom is -0.306 e. The summed E-state index contributed by atoms with van der Waals surface area (Å²) in [7, 11) is 0. The molecule has 0 saturated heterocycles. The van der Waals surface area contributed by atoms with Gasteiger partial charge in [0.1, 0.15) is 6.33 Å². The summed E-state index contributed by atoms with van der Waals surface area (Å²) in [4.78, 5) is 9.25. The molecule has 1 N–H and O–H groups in total. The molecule has 1 atom stereocenters. The first-order valence-electron chi connectivity index (χ1n) is 5.45. The highest BCUT2D eigenvalue weighted by Gasteiger charge is 2.19. The topological polar surface area (TPSA) is 37.8 Å². The van der Waals surface area contributed by atoms with E-state index in [0.717, 1.165) is 27.6 Å². The zero-order valence-electron chi connectivity index (χ0n) is 9.77. The lowest BCUT2D eigenvalue weighted by Crippen LogP contribution is -2.21. The molecule has 0 radical (unpaired) electrons. The van der Waals surface area contributed by atoms with Crippen LogP contribution in [0.3, 0.4) is 0 Å². The van der Waals surface area contributed by atoms with Crippen LogP contribution in [0, 0.1) is 6.92 Å². The van der Waals surface area contributed by atoms with Crippen LogP contribution in [0.5, 0.6) is 0 Å². The maximum Gasteiger partial charge on any atom is 0.115 e. The van der Waals surface area contributed by atoms with Crippen molar-refractivity contribution in [1.82, 2.24) is 15.3 Å². The van der Waals surface area contributed by atoms with Crippen LogP contribution >= 0.6 is 22.9 Å². The van der Waals surface area contributed by atoms with Crippen molar-refractivity contribution in [3.05, 3.63) is 45.1 Å². The molecule has 0 aliphatic carbocycles. The van der Waals surface area contributed by atoms with E-state index in [2.05, 4.69) is 27.6 Å². The van der Waals surface area contributed by atoms with Crippen LogP contribution < -0.4 is 5.32 Å². The molecule has 0 bridgehead atoms. The van der Waals surface area contributed by atoms with Gasteiger partial charge in [0.25, 0.3) is 0 Å². The average Bonchev–Trinajstić information content (AvgIpc) is 2.69. The Balaban J connectivity index is 2.39. The van der Waals surface area contributed by atoms with Gasteiger partial charge in [-0.1, -0.05) is 18.5 Å². The van der Waals surface area contributed by atoms with E-state index in [-0.39, 0.29) is 6.04 Å². The zero-order valence-corrected chi connectivity index (χ0v) is 11.3. The van der Waals surface area contributed by atoms with Gasteiger partial charge in [-0.05, 0) is 24.4 Å². The predicted octanol–water partition coefficient (Wildman–Crippen LogP) is 3.20. The van der Waals surface area contributed by atoms with E-state index in [4.69, 9.17) is 11.6 Å². The lowest BCUT2D eigenvalue weighted by atomic mass is 10.1. The van der Waals surface area contributed by atoms with E-state index < -0.39 is 0 Å². The monoisotopic (exact) mass is 267 g/mol. The van der Waals surface area contributed by atoms with Crippen molar-refractivity contribution < 1.29 is 0 Å². The Labute approximate surface area is 110 Å². The highest BCUT2D eigenvalue weighted by Crippen LogP contribution is 2.35. The van der Waals surface area contributed by atoms with Crippen molar-refractivity contribution in [2.45, 2.75) is 19.9 Å². The van der Waals surface area contributed by atoms with Crippen molar-refractivity contribution in [3.63, 3.8) is 0 Å². The summed E-state index contributed by atoms with van der Waals surface area (Å²) in [6, 6.07) is 0.0763. The SMILES string of the molecule is CCNC(c1cncnc1)c1scc(C)c1Cl. The first-order chi connectivity index (χ1) is 8.24. The van der Waals surface area contributed by atoms with Gasteiger partial charge in [0.15, 0.2) is 0 Å². The molecule has 0 aromatic carbocycles. The Kier molecular flexibility index (Phi) is 4.10. The molecular formula is C12H14ClN3S. The summed E-state index contributed by atoms with van der Waals surface area (Å²) < 4.78 is 0. The highest BCUT2D eigenvalue weighted by atomic mass is 35.5. The summed E-state index contributed by atoms with van der Waals surface area (Å²) in [6.07, 6.45) is 5.19. The molecule has 0 aliphatic rings. The molecule has 90 valence electrons. The standard InChI is InChI=1S/C12H14ClN3S/c1-3-16-11(9-4-14-7-15-5-9)12-10(13)8(2)6-17-12/h4-7,11,16H,3H2,1-2H3. The summed E-state index contributed by atoms with van der Waals surface area (Å²) >= 11 is 7.99. The molecule has 0 spiro atoms. The van der Waals surface area contributed by atoms with Crippen LogP contribution in [0.4, 0.5) is 0 Å². The van der Waals surface area contributed by atoms with Gasteiger partial charge in [0, 0.05) is 22.8 Å².